The van der Waals surface area contributed by atoms with E-state index < -0.39 is 10.0 Å². The molecule has 7 heteroatoms. The number of sulfonamides is 1. The molecule has 126 valence electrons. The van der Waals surface area contributed by atoms with E-state index in [1.165, 1.54) is 10.6 Å². The van der Waals surface area contributed by atoms with Crippen LogP contribution in [0.5, 0.6) is 0 Å². The highest BCUT2D eigenvalue weighted by atomic mass is 32.2. The minimum Gasteiger partial charge on any atom is -0.349 e. The molecule has 1 N–H and O–H groups in total. The van der Waals surface area contributed by atoms with Crippen molar-refractivity contribution in [2.75, 3.05) is 22.1 Å². The second kappa shape index (κ2) is 6.36. The van der Waals surface area contributed by atoms with Crippen LogP contribution in [-0.2, 0) is 16.4 Å². The highest BCUT2D eigenvalue weighted by Gasteiger charge is 2.32. The normalized spacial score (nSPS) is 22.0. The monoisotopic (exact) mass is 354 g/mol. The summed E-state index contributed by atoms with van der Waals surface area (Å²) in [6, 6.07) is 5.47. The van der Waals surface area contributed by atoms with Crippen LogP contribution in [0.1, 0.15) is 35.7 Å². The fourth-order valence-corrected chi connectivity index (χ4v) is 5.73. The van der Waals surface area contributed by atoms with Gasteiger partial charge in [0, 0.05) is 17.6 Å². The summed E-state index contributed by atoms with van der Waals surface area (Å²) < 4.78 is 25.3. The highest BCUT2D eigenvalue weighted by molar-refractivity contribution is 7.99. The smallest absolute Gasteiger partial charge is 0.251 e. The number of amides is 1. The predicted molar refractivity (Wildman–Crippen MR) is 94.7 cm³/mol. The Bertz CT molecular complexity index is 712. The van der Waals surface area contributed by atoms with Gasteiger partial charge in [-0.25, -0.2) is 8.42 Å². The molecule has 23 heavy (non-hydrogen) atoms. The van der Waals surface area contributed by atoms with Crippen molar-refractivity contribution >= 4 is 33.4 Å². The van der Waals surface area contributed by atoms with Gasteiger partial charge in [0.1, 0.15) is 0 Å². The molecule has 0 aliphatic carbocycles. The summed E-state index contributed by atoms with van der Waals surface area (Å²) in [4.78, 5) is 12.4. The van der Waals surface area contributed by atoms with Crippen molar-refractivity contribution in [1.29, 1.82) is 0 Å². The molecular formula is C16H22N2O3S2. The highest BCUT2D eigenvalue weighted by Crippen LogP contribution is 2.34. The molecule has 1 amide bonds. The van der Waals surface area contributed by atoms with Crippen molar-refractivity contribution in [2.45, 2.75) is 38.3 Å². The summed E-state index contributed by atoms with van der Waals surface area (Å²) in [6.07, 6.45) is 3.89. The second-order valence-corrected chi connectivity index (χ2v) is 9.40. The summed E-state index contributed by atoms with van der Waals surface area (Å²) in [7, 11) is -3.29. The van der Waals surface area contributed by atoms with Gasteiger partial charge in [-0.1, -0.05) is 0 Å². The molecule has 0 radical (unpaired) electrons. The van der Waals surface area contributed by atoms with E-state index in [1.54, 1.807) is 12.1 Å². The van der Waals surface area contributed by atoms with E-state index in [4.69, 9.17) is 0 Å². The second-order valence-electron chi connectivity index (χ2n) is 6.32. The zero-order valence-electron chi connectivity index (χ0n) is 13.4. The van der Waals surface area contributed by atoms with Crippen LogP contribution < -0.4 is 9.62 Å². The van der Waals surface area contributed by atoms with Crippen LogP contribution in [0.4, 0.5) is 5.69 Å². The number of fused-ring (bicyclic) bond motifs is 1. The summed E-state index contributed by atoms with van der Waals surface area (Å²) in [5, 5.41) is 3.09. The molecule has 5 nitrogen and oxygen atoms in total. The molecule has 3 rings (SSSR count). The van der Waals surface area contributed by atoms with Gasteiger partial charge in [-0.15, -0.1) is 0 Å². The number of thioether (sulfide) groups is 1. The average molecular weight is 354 g/mol. The van der Waals surface area contributed by atoms with Crippen LogP contribution in [0.15, 0.2) is 18.2 Å². The van der Waals surface area contributed by atoms with E-state index >= 15 is 0 Å². The third kappa shape index (κ3) is 3.50. The van der Waals surface area contributed by atoms with Crippen molar-refractivity contribution in [3.63, 3.8) is 0 Å². The zero-order valence-corrected chi connectivity index (χ0v) is 15.0. The summed E-state index contributed by atoms with van der Waals surface area (Å²) in [6.45, 7) is 1.89. The molecule has 1 unspecified atom stereocenters. The molecule has 1 atom stereocenters. The number of anilines is 1. The van der Waals surface area contributed by atoms with Gasteiger partial charge in [-0.3, -0.25) is 9.10 Å². The Labute approximate surface area is 141 Å². The van der Waals surface area contributed by atoms with Gasteiger partial charge in [-0.2, -0.15) is 11.8 Å². The minimum atomic E-state index is -3.29. The molecule has 0 saturated carbocycles. The van der Waals surface area contributed by atoms with Gasteiger partial charge < -0.3 is 5.32 Å². The standard InChI is InChI=1S/C16H22N2O3S2/c1-11-9-13-10-12(3-4-15(13)18(11)23(2,20)21)16(19)17-14-5-7-22-8-6-14/h3-4,10-11,14H,5-9H2,1-2H3,(H,17,19). The van der Waals surface area contributed by atoms with Crippen LogP contribution >= 0.6 is 11.8 Å². The number of hydrogen-bond donors (Lipinski definition) is 1. The van der Waals surface area contributed by atoms with Gasteiger partial charge in [0.2, 0.25) is 10.0 Å². The van der Waals surface area contributed by atoms with Gasteiger partial charge in [-0.05, 0) is 61.5 Å². The summed E-state index contributed by atoms with van der Waals surface area (Å²) >= 11 is 1.93. The van der Waals surface area contributed by atoms with Crippen LogP contribution in [-0.4, -0.2) is 44.2 Å². The first kappa shape index (κ1) is 16.6. The van der Waals surface area contributed by atoms with Gasteiger partial charge in [0.05, 0.1) is 11.9 Å². The zero-order chi connectivity index (χ0) is 16.6. The first-order chi connectivity index (χ1) is 10.9. The number of carbonyl (C=O) groups is 1. The Morgan fingerprint density at radius 1 is 1.30 bits per heavy atom. The number of nitrogens with zero attached hydrogens (tertiary/aromatic N) is 1. The number of hydrogen-bond acceptors (Lipinski definition) is 4. The Balaban J connectivity index is 1.79. The lowest BCUT2D eigenvalue weighted by molar-refractivity contribution is 0.0935. The molecule has 0 aromatic heterocycles. The van der Waals surface area contributed by atoms with Gasteiger partial charge >= 0.3 is 0 Å². The van der Waals surface area contributed by atoms with Crippen LogP contribution in [0.3, 0.4) is 0 Å². The van der Waals surface area contributed by atoms with Crippen molar-refractivity contribution in [3.05, 3.63) is 29.3 Å². The molecular weight excluding hydrogens is 332 g/mol. The van der Waals surface area contributed by atoms with E-state index in [1.807, 2.05) is 24.8 Å². The lowest BCUT2D eigenvalue weighted by Crippen LogP contribution is -2.37. The molecule has 2 heterocycles. The molecule has 1 fully saturated rings. The van der Waals surface area contributed by atoms with Crippen LogP contribution in [0.2, 0.25) is 0 Å². The fraction of sp³-hybridized carbons (Fsp3) is 0.562. The Hall–Kier alpha value is -1.21. The van der Waals surface area contributed by atoms with Crippen molar-refractivity contribution < 1.29 is 13.2 Å². The molecule has 2 aliphatic rings. The topological polar surface area (TPSA) is 66.5 Å². The maximum atomic E-state index is 12.4. The Kier molecular flexibility index (Phi) is 4.60. The fourth-order valence-electron chi connectivity index (χ4n) is 3.36. The Morgan fingerprint density at radius 2 is 2.00 bits per heavy atom. The number of carbonyl (C=O) groups excluding carboxylic acids is 1. The van der Waals surface area contributed by atoms with Crippen LogP contribution in [0, 0.1) is 0 Å². The molecule has 0 bridgehead atoms. The average Bonchev–Trinajstić information content (AvgIpc) is 2.82. The largest absolute Gasteiger partial charge is 0.349 e. The summed E-state index contributed by atoms with van der Waals surface area (Å²) in [5.41, 5.74) is 2.24. The molecule has 0 spiro atoms. The maximum Gasteiger partial charge on any atom is 0.251 e. The third-order valence-electron chi connectivity index (χ3n) is 4.41. The van der Waals surface area contributed by atoms with E-state index in [-0.39, 0.29) is 18.0 Å². The first-order valence-corrected chi connectivity index (χ1v) is 10.9. The van der Waals surface area contributed by atoms with Gasteiger partial charge in [0.15, 0.2) is 0 Å². The van der Waals surface area contributed by atoms with Crippen molar-refractivity contribution in [3.8, 4) is 0 Å². The van der Waals surface area contributed by atoms with Crippen LogP contribution in [0.25, 0.3) is 0 Å². The number of rotatable bonds is 3. The SMILES string of the molecule is CC1Cc2cc(C(=O)NC3CCSCC3)ccc2N1S(C)(=O)=O. The summed E-state index contributed by atoms with van der Waals surface area (Å²) in [5.74, 6) is 2.13. The number of nitrogens with one attached hydrogen (secondary N) is 1. The van der Waals surface area contributed by atoms with Gasteiger partial charge in [0.25, 0.3) is 5.91 Å². The van der Waals surface area contributed by atoms with Crippen molar-refractivity contribution in [2.24, 2.45) is 0 Å². The van der Waals surface area contributed by atoms with E-state index in [0.717, 1.165) is 29.9 Å². The van der Waals surface area contributed by atoms with Crippen molar-refractivity contribution in [1.82, 2.24) is 5.32 Å². The van der Waals surface area contributed by atoms with E-state index in [9.17, 15) is 13.2 Å². The molecule has 1 aromatic rings. The lowest BCUT2D eigenvalue weighted by atomic mass is 10.1. The third-order valence-corrected chi connectivity index (χ3v) is 6.73. The molecule has 1 aromatic carbocycles. The Morgan fingerprint density at radius 3 is 2.65 bits per heavy atom. The quantitative estimate of drug-likeness (QED) is 0.902. The van der Waals surface area contributed by atoms with E-state index in [2.05, 4.69) is 5.32 Å². The number of benzene rings is 1. The maximum absolute atomic E-state index is 12.4. The minimum absolute atomic E-state index is 0.0600. The lowest BCUT2D eigenvalue weighted by Gasteiger charge is -2.23. The molecule has 1 saturated heterocycles. The first-order valence-electron chi connectivity index (χ1n) is 7.87. The van der Waals surface area contributed by atoms with E-state index in [0.29, 0.717) is 17.7 Å². The predicted octanol–water partition coefficient (Wildman–Crippen LogP) is 2.02. The molecule has 2 aliphatic heterocycles.